The molecule has 0 unspecified atom stereocenters. The summed E-state index contributed by atoms with van der Waals surface area (Å²) in [6.07, 6.45) is 3.44. The molecule has 0 amide bonds. The fraction of sp³-hybridized carbons (Fsp3) is 0.0909. The molecule has 0 saturated heterocycles. The maximum atomic E-state index is 15.2. The Kier molecular flexibility index (Phi) is 5.28. The van der Waals surface area contributed by atoms with E-state index in [0.29, 0.717) is 17.5 Å². The minimum Gasteiger partial charge on any atom is -0.345 e. The van der Waals surface area contributed by atoms with Crippen molar-refractivity contribution >= 4 is 32.5 Å². The third kappa shape index (κ3) is 3.79. The van der Waals surface area contributed by atoms with Gasteiger partial charge < -0.3 is 4.98 Å². The molecule has 0 bridgehead atoms. The quantitative estimate of drug-likeness (QED) is 0.433. The Labute approximate surface area is 177 Å². The number of H-pyrrole nitrogens is 1. The van der Waals surface area contributed by atoms with Gasteiger partial charge in [-0.3, -0.25) is 9.52 Å². The number of hydrogen-bond donors (Lipinski definition) is 2. The molecule has 2 aromatic carbocycles. The molecule has 4 aromatic rings. The number of aryl methyl sites for hydroxylation is 1. The third-order valence-corrected chi connectivity index (χ3v) is 6.24. The van der Waals surface area contributed by atoms with E-state index in [1.54, 1.807) is 24.3 Å². The molecule has 158 valence electrons. The largest absolute Gasteiger partial charge is 0.345 e. The lowest BCUT2D eigenvalue weighted by molar-refractivity contribution is 0.103. The topological polar surface area (TPSA) is 91.9 Å². The SMILES string of the molecule is CCc1cccc(S(=O)(=O)Nc2ccc(F)c(C(=O)c3c[nH]c4ncccc34)c2F)c1. The highest BCUT2D eigenvalue weighted by Gasteiger charge is 2.26. The molecule has 4 rings (SSSR count). The molecule has 2 N–H and O–H groups in total. The number of carbonyl (C=O) groups excluding carboxylic acids is 1. The Hall–Kier alpha value is -3.59. The van der Waals surface area contributed by atoms with Crippen molar-refractivity contribution in [2.75, 3.05) is 4.72 Å². The first-order valence-corrected chi connectivity index (χ1v) is 10.9. The van der Waals surface area contributed by atoms with Crippen LogP contribution in [-0.4, -0.2) is 24.2 Å². The summed E-state index contributed by atoms with van der Waals surface area (Å²) in [5, 5.41) is 0.397. The molecule has 0 aliphatic heterocycles. The van der Waals surface area contributed by atoms with Crippen LogP contribution in [0.4, 0.5) is 14.5 Å². The van der Waals surface area contributed by atoms with E-state index in [0.717, 1.165) is 17.7 Å². The minimum absolute atomic E-state index is 0.0246. The van der Waals surface area contributed by atoms with E-state index < -0.39 is 38.7 Å². The zero-order chi connectivity index (χ0) is 22.2. The number of rotatable bonds is 6. The lowest BCUT2D eigenvalue weighted by Crippen LogP contribution is -2.16. The summed E-state index contributed by atoms with van der Waals surface area (Å²) in [6, 6.07) is 11.2. The standard InChI is InChI=1S/C22H17F2N3O3S/c1-2-13-5-3-6-14(11-13)31(29,30)27-18-9-8-17(23)19(20(18)24)21(28)16-12-26-22-15(16)7-4-10-25-22/h3-12,27H,2H2,1H3,(H,25,26). The van der Waals surface area contributed by atoms with Crippen LogP contribution in [0.1, 0.15) is 28.4 Å². The molecule has 31 heavy (non-hydrogen) atoms. The number of pyridine rings is 1. The first-order valence-electron chi connectivity index (χ1n) is 9.38. The predicted octanol–water partition coefficient (Wildman–Crippen LogP) is 4.44. The van der Waals surface area contributed by atoms with Crippen LogP contribution in [0.3, 0.4) is 0 Å². The van der Waals surface area contributed by atoms with Gasteiger partial charge in [0.15, 0.2) is 5.82 Å². The van der Waals surface area contributed by atoms with E-state index >= 15 is 4.39 Å². The van der Waals surface area contributed by atoms with Gasteiger partial charge in [-0.25, -0.2) is 22.2 Å². The number of carbonyl (C=O) groups is 1. The third-order valence-electron chi connectivity index (χ3n) is 4.88. The molecule has 0 radical (unpaired) electrons. The van der Waals surface area contributed by atoms with E-state index in [9.17, 15) is 17.6 Å². The van der Waals surface area contributed by atoms with Crippen molar-refractivity contribution in [3.05, 3.63) is 89.2 Å². The van der Waals surface area contributed by atoms with E-state index in [2.05, 4.69) is 14.7 Å². The number of fused-ring (bicyclic) bond motifs is 1. The van der Waals surface area contributed by atoms with Crippen LogP contribution in [0, 0.1) is 11.6 Å². The number of aromatic nitrogens is 2. The fourth-order valence-corrected chi connectivity index (χ4v) is 4.38. The van der Waals surface area contributed by atoms with Gasteiger partial charge in [-0.1, -0.05) is 19.1 Å². The molecule has 0 spiro atoms. The number of nitrogens with one attached hydrogen (secondary N) is 2. The van der Waals surface area contributed by atoms with Crippen molar-refractivity contribution < 1.29 is 22.0 Å². The number of anilines is 1. The zero-order valence-electron chi connectivity index (χ0n) is 16.3. The van der Waals surface area contributed by atoms with Gasteiger partial charge in [0, 0.05) is 23.3 Å². The molecule has 2 heterocycles. The number of sulfonamides is 1. The predicted molar refractivity (Wildman–Crippen MR) is 113 cm³/mol. The van der Waals surface area contributed by atoms with Crippen molar-refractivity contribution in [1.29, 1.82) is 0 Å². The first kappa shape index (κ1) is 20.7. The molecule has 0 fully saturated rings. The second kappa shape index (κ2) is 7.92. The van der Waals surface area contributed by atoms with Gasteiger partial charge >= 0.3 is 0 Å². The van der Waals surface area contributed by atoms with Gasteiger partial charge in [-0.2, -0.15) is 0 Å². The van der Waals surface area contributed by atoms with Crippen LogP contribution >= 0.6 is 0 Å². The highest BCUT2D eigenvalue weighted by molar-refractivity contribution is 7.92. The lowest BCUT2D eigenvalue weighted by atomic mass is 10.0. The molecule has 0 aliphatic carbocycles. The second-order valence-electron chi connectivity index (χ2n) is 6.82. The van der Waals surface area contributed by atoms with Crippen LogP contribution < -0.4 is 4.72 Å². The Morgan fingerprint density at radius 1 is 1.13 bits per heavy atom. The zero-order valence-corrected chi connectivity index (χ0v) is 17.1. The number of benzene rings is 2. The summed E-state index contributed by atoms with van der Waals surface area (Å²) in [5.41, 5.74) is -0.181. The normalized spacial score (nSPS) is 11.6. The van der Waals surface area contributed by atoms with Gasteiger partial charge in [-0.15, -0.1) is 0 Å². The monoisotopic (exact) mass is 441 g/mol. The molecule has 0 saturated carbocycles. The van der Waals surface area contributed by atoms with Crippen molar-refractivity contribution in [2.24, 2.45) is 0 Å². The van der Waals surface area contributed by atoms with E-state index in [1.165, 1.54) is 24.5 Å². The van der Waals surface area contributed by atoms with E-state index in [4.69, 9.17) is 0 Å². The average molecular weight is 441 g/mol. The number of halogens is 2. The average Bonchev–Trinajstić information content (AvgIpc) is 3.20. The molecule has 6 nitrogen and oxygen atoms in total. The van der Waals surface area contributed by atoms with Crippen molar-refractivity contribution in [3.8, 4) is 0 Å². The number of nitrogens with zero attached hydrogens (tertiary/aromatic N) is 1. The summed E-state index contributed by atoms with van der Waals surface area (Å²) in [7, 11) is -4.15. The Morgan fingerprint density at radius 2 is 1.94 bits per heavy atom. The Bertz CT molecular complexity index is 1410. The molecule has 0 aliphatic rings. The molecule has 2 aromatic heterocycles. The van der Waals surface area contributed by atoms with Crippen LogP contribution in [-0.2, 0) is 16.4 Å². The number of aromatic amines is 1. The second-order valence-corrected chi connectivity index (χ2v) is 8.50. The van der Waals surface area contributed by atoms with Crippen LogP contribution in [0.15, 0.2) is 65.8 Å². The minimum atomic E-state index is -4.15. The first-order chi connectivity index (χ1) is 14.8. The Balaban J connectivity index is 1.75. The summed E-state index contributed by atoms with van der Waals surface area (Å²) in [4.78, 5) is 19.7. The van der Waals surface area contributed by atoms with Crippen molar-refractivity contribution in [2.45, 2.75) is 18.2 Å². The number of ketones is 1. The van der Waals surface area contributed by atoms with Gasteiger partial charge in [0.05, 0.1) is 16.1 Å². The summed E-state index contributed by atoms with van der Waals surface area (Å²) in [6.45, 7) is 1.87. The number of hydrogen-bond acceptors (Lipinski definition) is 4. The summed E-state index contributed by atoms with van der Waals surface area (Å²) >= 11 is 0. The van der Waals surface area contributed by atoms with Gasteiger partial charge in [-0.05, 0) is 48.4 Å². The smallest absolute Gasteiger partial charge is 0.261 e. The molecule has 0 atom stereocenters. The van der Waals surface area contributed by atoms with Crippen LogP contribution in [0.25, 0.3) is 11.0 Å². The maximum Gasteiger partial charge on any atom is 0.261 e. The van der Waals surface area contributed by atoms with Crippen LogP contribution in [0.5, 0.6) is 0 Å². The lowest BCUT2D eigenvalue weighted by Gasteiger charge is -2.12. The van der Waals surface area contributed by atoms with Gasteiger partial charge in [0.2, 0.25) is 5.78 Å². The summed E-state index contributed by atoms with van der Waals surface area (Å²) in [5.74, 6) is -3.32. The van der Waals surface area contributed by atoms with Crippen molar-refractivity contribution in [1.82, 2.24) is 9.97 Å². The van der Waals surface area contributed by atoms with Gasteiger partial charge in [0.1, 0.15) is 11.5 Å². The van der Waals surface area contributed by atoms with Crippen LogP contribution in [0.2, 0.25) is 0 Å². The molecular formula is C22H17F2N3O3S. The summed E-state index contributed by atoms with van der Waals surface area (Å²) < 4.78 is 57.2. The van der Waals surface area contributed by atoms with Crippen molar-refractivity contribution in [3.63, 3.8) is 0 Å². The molecular weight excluding hydrogens is 424 g/mol. The highest BCUT2D eigenvalue weighted by atomic mass is 32.2. The molecule has 9 heteroatoms. The fourth-order valence-electron chi connectivity index (χ4n) is 3.25. The van der Waals surface area contributed by atoms with E-state index in [1.807, 2.05) is 6.92 Å². The van der Waals surface area contributed by atoms with Gasteiger partial charge in [0.25, 0.3) is 10.0 Å². The Morgan fingerprint density at radius 3 is 2.71 bits per heavy atom. The maximum absolute atomic E-state index is 15.2. The highest BCUT2D eigenvalue weighted by Crippen LogP contribution is 2.28. The van der Waals surface area contributed by atoms with E-state index in [-0.39, 0.29) is 10.5 Å².